The number of hydrogen-bond acceptors (Lipinski definition) is 2. The molecule has 0 atom stereocenters. The number of thiocarbonyl (C=S) groups is 1. The Kier molecular flexibility index (Phi) is 4.52. The van der Waals surface area contributed by atoms with Gasteiger partial charge in [-0.2, -0.15) is 0 Å². The molecule has 104 valence electrons. The highest BCUT2D eigenvalue weighted by Crippen LogP contribution is 2.25. The third-order valence-electron chi connectivity index (χ3n) is 2.61. The van der Waals surface area contributed by atoms with Crippen LogP contribution in [0, 0.1) is 11.6 Å². The van der Waals surface area contributed by atoms with Crippen molar-refractivity contribution in [3.05, 3.63) is 64.2 Å². The second kappa shape index (κ2) is 6.15. The first kappa shape index (κ1) is 14.7. The maximum absolute atomic E-state index is 13.8. The van der Waals surface area contributed by atoms with E-state index in [1.54, 1.807) is 24.3 Å². The molecule has 0 aliphatic rings. The molecule has 0 heterocycles. The van der Waals surface area contributed by atoms with Crippen LogP contribution in [0.25, 0.3) is 0 Å². The van der Waals surface area contributed by atoms with Crippen LogP contribution in [-0.2, 0) is 6.61 Å². The molecule has 0 unspecified atom stereocenters. The molecule has 0 aromatic heterocycles. The minimum atomic E-state index is -0.861. The van der Waals surface area contributed by atoms with Gasteiger partial charge in [-0.1, -0.05) is 42.0 Å². The summed E-state index contributed by atoms with van der Waals surface area (Å²) in [4.78, 5) is -0.0829. The van der Waals surface area contributed by atoms with E-state index in [9.17, 15) is 8.78 Å². The van der Waals surface area contributed by atoms with Gasteiger partial charge in [0.15, 0.2) is 17.4 Å². The molecule has 2 aromatic rings. The third-order valence-corrected chi connectivity index (χ3v) is 3.22. The van der Waals surface area contributed by atoms with Crippen LogP contribution in [0.4, 0.5) is 8.78 Å². The van der Waals surface area contributed by atoms with Crippen LogP contribution in [-0.4, -0.2) is 4.99 Å². The minimum Gasteiger partial charge on any atom is -0.483 e. The van der Waals surface area contributed by atoms with Crippen molar-refractivity contribution in [2.75, 3.05) is 0 Å². The molecule has 2 N–H and O–H groups in total. The highest BCUT2D eigenvalue weighted by atomic mass is 35.5. The van der Waals surface area contributed by atoms with E-state index in [1.165, 1.54) is 0 Å². The fourth-order valence-corrected chi connectivity index (χ4v) is 1.91. The summed E-state index contributed by atoms with van der Waals surface area (Å²) in [5.74, 6) is -2.20. The largest absolute Gasteiger partial charge is 0.483 e. The van der Waals surface area contributed by atoms with Gasteiger partial charge in [0.05, 0.1) is 0 Å². The highest BCUT2D eigenvalue weighted by molar-refractivity contribution is 7.80. The number of halogens is 3. The Labute approximate surface area is 125 Å². The maximum atomic E-state index is 13.8. The van der Waals surface area contributed by atoms with Crippen molar-refractivity contribution in [1.29, 1.82) is 0 Å². The van der Waals surface area contributed by atoms with Crippen LogP contribution >= 0.6 is 23.8 Å². The van der Waals surface area contributed by atoms with Gasteiger partial charge >= 0.3 is 0 Å². The van der Waals surface area contributed by atoms with Crippen LogP contribution in [0.3, 0.4) is 0 Å². The molecule has 0 radical (unpaired) electrons. The molecule has 0 aliphatic heterocycles. The first-order chi connectivity index (χ1) is 9.49. The molecule has 0 fully saturated rings. The number of rotatable bonds is 4. The summed E-state index contributed by atoms with van der Waals surface area (Å²) >= 11 is 10.6. The van der Waals surface area contributed by atoms with Crippen molar-refractivity contribution in [2.24, 2.45) is 5.73 Å². The Morgan fingerprint density at radius 3 is 2.35 bits per heavy atom. The Morgan fingerprint density at radius 1 is 1.20 bits per heavy atom. The lowest BCUT2D eigenvalue weighted by molar-refractivity contribution is 0.274. The maximum Gasteiger partial charge on any atom is 0.191 e. The van der Waals surface area contributed by atoms with E-state index < -0.39 is 17.4 Å². The van der Waals surface area contributed by atoms with Gasteiger partial charge in [-0.3, -0.25) is 0 Å². The first-order valence-corrected chi connectivity index (χ1v) is 6.42. The lowest BCUT2D eigenvalue weighted by Crippen LogP contribution is -2.11. The average Bonchev–Trinajstić information content (AvgIpc) is 2.39. The van der Waals surface area contributed by atoms with Crippen LogP contribution in [0.5, 0.6) is 5.75 Å². The normalized spacial score (nSPS) is 10.3. The van der Waals surface area contributed by atoms with Gasteiger partial charge < -0.3 is 10.5 Å². The van der Waals surface area contributed by atoms with Gasteiger partial charge in [-0.15, -0.1) is 0 Å². The van der Waals surface area contributed by atoms with Gasteiger partial charge in [0.1, 0.15) is 11.6 Å². The number of ether oxygens (including phenoxy) is 1. The molecule has 2 aromatic carbocycles. The second-order valence-electron chi connectivity index (χ2n) is 4.01. The zero-order chi connectivity index (χ0) is 14.7. The van der Waals surface area contributed by atoms with Crippen LogP contribution in [0.2, 0.25) is 5.02 Å². The van der Waals surface area contributed by atoms with Crippen molar-refractivity contribution in [1.82, 2.24) is 0 Å². The lowest BCUT2D eigenvalue weighted by Gasteiger charge is -2.10. The zero-order valence-electron chi connectivity index (χ0n) is 10.2. The van der Waals surface area contributed by atoms with Crippen molar-refractivity contribution >= 4 is 28.8 Å². The number of nitrogens with two attached hydrogens (primary N) is 1. The van der Waals surface area contributed by atoms with Crippen molar-refractivity contribution in [2.45, 2.75) is 6.61 Å². The Balaban J connectivity index is 2.22. The van der Waals surface area contributed by atoms with Crippen molar-refractivity contribution in [3.63, 3.8) is 0 Å². The standard InChI is InChI=1S/C14H10ClF2NOS/c15-10-4-2-1-3-8(10)7-19-13-11(16)5-9(14(18)20)6-12(13)17/h1-6H,7H2,(H2,18,20). The van der Waals surface area contributed by atoms with Crippen molar-refractivity contribution in [3.8, 4) is 5.75 Å². The summed E-state index contributed by atoms with van der Waals surface area (Å²) in [6.07, 6.45) is 0. The predicted molar refractivity (Wildman–Crippen MR) is 78.0 cm³/mol. The van der Waals surface area contributed by atoms with E-state index in [-0.39, 0.29) is 17.2 Å². The fourth-order valence-electron chi connectivity index (χ4n) is 1.61. The van der Waals surface area contributed by atoms with Gasteiger partial charge in [0, 0.05) is 16.1 Å². The van der Waals surface area contributed by atoms with E-state index in [1.807, 2.05) is 0 Å². The predicted octanol–water partition coefficient (Wildman–Crippen LogP) is 3.83. The third kappa shape index (κ3) is 3.23. The zero-order valence-corrected chi connectivity index (χ0v) is 11.8. The Hall–Kier alpha value is -1.72. The van der Waals surface area contributed by atoms with Gasteiger partial charge in [0.2, 0.25) is 0 Å². The van der Waals surface area contributed by atoms with E-state index in [0.717, 1.165) is 12.1 Å². The molecule has 2 rings (SSSR count). The molecular formula is C14H10ClF2NOS. The minimum absolute atomic E-state index is 0.0417. The van der Waals surface area contributed by atoms with Crippen LogP contribution < -0.4 is 10.5 Å². The number of benzene rings is 2. The highest BCUT2D eigenvalue weighted by Gasteiger charge is 2.14. The fraction of sp³-hybridized carbons (Fsp3) is 0.0714. The van der Waals surface area contributed by atoms with Crippen LogP contribution in [0.1, 0.15) is 11.1 Å². The Bertz CT molecular complexity index is 640. The molecule has 0 spiro atoms. The molecule has 2 nitrogen and oxygen atoms in total. The molecule has 20 heavy (non-hydrogen) atoms. The summed E-state index contributed by atoms with van der Waals surface area (Å²) in [7, 11) is 0. The Morgan fingerprint density at radius 2 is 1.80 bits per heavy atom. The topological polar surface area (TPSA) is 35.2 Å². The summed E-state index contributed by atoms with van der Waals surface area (Å²) < 4.78 is 32.7. The molecule has 0 saturated heterocycles. The van der Waals surface area contributed by atoms with Gasteiger partial charge in [-0.25, -0.2) is 8.78 Å². The summed E-state index contributed by atoms with van der Waals surface area (Å²) in [5.41, 5.74) is 6.07. The molecule has 6 heteroatoms. The van der Waals surface area contributed by atoms with Crippen molar-refractivity contribution < 1.29 is 13.5 Å². The van der Waals surface area contributed by atoms with E-state index in [2.05, 4.69) is 12.2 Å². The molecular weight excluding hydrogens is 304 g/mol. The monoisotopic (exact) mass is 313 g/mol. The van der Waals surface area contributed by atoms with E-state index in [4.69, 9.17) is 22.1 Å². The van der Waals surface area contributed by atoms with E-state index in [0.29, 0.717) is 10.6 Å². The lowest BCUT2D eigenvalue weighted by atomic mass is 10.2. The first-order valence-electron chi connectivity index (χ1n) is 5.64. The van der Waals surface area contributed by atoms with Gasteiger partial charge in [0.25, 0.3) is 0 Å². The molecule has 0 bridgehead atoms. The summed E-state index contributed by atoms with van der Waals surface area (Å²) in [6, 6.07) is 8.96. The number of hydrogen-bond donors (Lipinski definition) is 1. The average molecular weight is 314 g/mol. The van der Waals surface area contributed by atoms with Gasteiger partial charge in [-0.05, 0) is 18.2 Å². The molecule has 0 amide bonds. The summed E-state index contributed by atoms with van der Waals surface area (Å²) in [5, 5.41) is 0.466. The molecule has 0 aliphatic carbocycles. The second-order valence-corrected chi connectivity index (χ2v) is 4.86. The van der Waals surface area contributed by atoms with Crippen LogP contribution in [0.15, 0.2) is 36.4 Å². The smallest absolute Gasteiger partial charge is 0.191 e. The SMILES string of the molecule is NC(=S)c1cc(F)c(OCc2ccccc2Cl)c(F)c1. The quantitative estimate of drug-likeness (QED) is 0.871. The molecule has 0 saturated carbocycles. The summed E-state index contributed by atoms with van der Waals surface area (Å²) in [6.45, 7) is -0.0417. The van der Waals surface area contributed by atoms with E-state index >= 15 is 0 Å².